The molecule has 0 amide bonds. The zero-order chi connectivity index (χ0) is 14.1. The summed E-state index contributed by atoms with van der Waals surface area (Å²) in [4.78, 5) is 4.61. The molecular formula is C16H15ClN2O. The third-order valence-corrected chi connectivity index (χ3v) is 3.65. The van der Waals surface area contributed by atoms with Gasteiger partial charge in [-0.25, -0.2) is 4.98 Å². The SMILES string of the molecule is COc1ccc2c(c1)nc(CCl)n2-c1ccccc1C. The monoisotopic (exact) mass is 286 g/mol. The van der Waals surface area contributed by atoms with E-state index in [-0.39, 0.29) is 0 Å². The van der Waals surface area contributed by atoms with Crippen molar-refractivity contribution in [2.24, 2.45) is 0 Å². The molecule has 0 aliphatic heterocycles. The van der Waals surface area contributed by atoms with Crippen LogP contribution in [0.3, 0.4) is 0 Å². The van der Waals surface area contributed by atoms with Gasteiger partial charge in [-0.15, -0.1) is 11.6 Å². The average Bonchev–Trinajstić information content (AvgIpc) is 2.85. The summed E-state index contributed by atoms with van der Waals surface area (Å²) < 4.78 is 7.36. The second-order valence-electron chi connectivity index (χ2n) is 4.64. The zero-order valence-electron chi connectivity index (χ0n) is 11.4. The van der Waals surface area contributed by atoms with Crippen LogP contribution < -0.4 is 4.74 Å². The highest BCUT2D eigenvalue weighted by Crippen LogP contribution is 2.27. The van der Waals surface area contributed by atoms with Crippen molar-refractivity contribution in [3.05, 3.63) is 53.9 Å². The highest BCUT2D eigenvalue weighted by atomic mass is 35.5. The summed E-state index contributed by atoms with van der Waals surface area (Å²) in [5.41, 5.74) is 4.23. The molecule has 0 fully saturated rings. The highest BCUT2D eigenvalue weighted by molar-refractivity contribution is 6.17. The Balaban J connectivity index is 2.31. The van der Waals surface area contributed by atoms with Crippen molar-refractivity contribution >= 4 is 22.6 Å². The molecule has 3 aromatic rings. The molecule has 0 spiro atoms. The van der Waals surface area contributed by atoms with Crippen molar-refractivity contribution in [1.82, 2.24) is 9.55 Å². The summed E-state index contributed by atoms with van der Waals surface area (Å²) in [5, 5.41) is 0. The van der Waals surface area contributed by atoms with E-state index in [2.05, 4.69) is 28.6 Å². The first-order valence-electron chi connectivity index (χ1n) is 6.42. The van der Waals surface area contributed by atoms with E-state index in [4.69, 9.17) is 16.3 Å². The molecular weight excluding hydrogens is 272 g/mol. The van der Waals surface area contributed by atoms with Crippen LogP contribution in [0.4, 0.5) is 0 Å². The van der Waals surface area contributed by atoms with Gasteiger partial charge in [0.1, 0.15) is 11.6 Å². The van der Waals surface area contributed by atoms with Crippen LogP contribution in [0.5, 0.6) is 5.75 Å². The standard InChI is InChI=1S/C16H15ClN2O/c1-11-5-3-4-6-14(11)19-15-8-7-12(20-2)9-13(15)18-16(19)10-17/h3-9H,10H2,1-2H3. The number of ether oxygens (including phenoxy) is 1. The molecule has 3 rings (SSSR count). The number of benzene rings is 2. The lowest BCUT2D eigenvalue weighted by atomic mass is 10.2. The van der Waals surface area contributed by atoms with Crippen LogP contribution >= 0.6 is 11.6 Å². The number of aromatic nitrogens is 2. The van der Waals surface area contributed by atoms with Gasteiger partial charge in [0, 0.05) is 6.07 Å². The van der Waals surface area contributed by atoms with E-state index in [0.29, 0.717) is 5.88 Å². The molecule has 0 atom stereocenters. The Labute approximate surface area is 122 Å². The number of hydrogen-bond donors (Lipinski definition) is 0. The van der Waals surface area contributed by atoms with Gasteiger partial charge in [0.2, 0.25) is 0 Å². The first-order chi connectivity index (χ1) is 9.74. The van der Waals surface area contributed by atoms with Gasteiger partial charge in [-0.05, 0) is 30.7 Å². The molecule has 1 aromatic heterocycles. The molecule has 4 heteroatoms. The summed E-state index contributed by atoms with van der Waals surface area (Å²) in [6.07, 6.45) is 0. The Morgan fingerprint density at radius 1 is 1.20 bits per heavy atom. The number of hydrogen-bond acceptors (Lipinski definition) is 2. The summed E-state index contributed by atoms with van der Waals surface area (Å²) in [7, 11) is 1.65. The fraction of sp³-hybridized carbons (Fsp3) is 0.188. The van der Waals surface area contributed by atoms with Crippen LogP contribution in [0.2, 0.25) is 0 Å². The number of fused-ring (bicyclic) bond motifs is 1. The minimum absolute atomic E-state index is 0.366. The molecule has 0 aliphatic rings. The first-order valence-corrected chi connectivity index (χ1v) is 6.95. The molecule has 0 radical (unpaired) electrons. The van der Waals surface area contributed by atoms with Gasteiger partial charge in [-0.2, -0.15) is 0 Å². The predicted octanol–water partition coefficient (Wildman–Crippen LogP) is 4.08. The Kier molecular flexibility index (Phi) is 3.36. The first kappa shape index (κ1) is 13.0. The molecule has 3 nitrogen and oxygen atoms in total. The van der Waals surface area contributed by atoms with E-state index in [1.165, 1.54) is 5.56 Å². The number of rotatable bonds is 3. The third-order valence-electron chi connectivity index (χ3n) is 3.41. The summed E-state index contributed by atoms with van der Waals surface area (Å²) in [6.45, 7) is 2.09. The van der Waals surface area contributed by atoms with Crippen molar-refractivity contribution in [2.75, 3.05) is 7.11 Å². The maximum atomic E-state index is 6.06. The van der Waals surface area contributed by atoms with Crippen LogP contribution in [-0.4, -0.2) is 16.7 Å². The molecule has 1 heterocycles. The van der Waals surface area contributed by atoms with Gasteiger partial charge >= 0.3 is 0 Å². The number of halogens is 1. The van der Waals surface area contributed by atoms with Gasteiger partial charge in [-0.3, -0.25) is 4.57 Å². The van der Waals surface area contributed by atoms with Crippen LogP contribution in [0, 0.1) is 6.92 Å². The smallest absolute Gasteiger partial charge is 0.129 e. The molecule has 20 heavy (non-hydrogen) atoms. The van der Waals surface area contributed by atoms with Gasteiger partial charge < -0.3 is 4.74 Å². The van der Waals surface area contributed by atoms with Crippen LogP contribution in [-0.2, 0) is 5.88 Å². The maximum absolute atomic E-state index is 6.06. The molecule has 0 saturated heterocycles. The van der Waals surface area contributed by atoms with E-state index in [1.54, 1.807) is 7.11 Å². The lowest BCUT2D eigenvalue weighted by Crippen LogP contribution is -2.01. The quantitative estimate of drug-likeness (QED) is 0.678. The normalized spacial score (nSPS) is 10.9. The van der Waals surface area contributed by atoms with Gasteiger partial charge in [0.05, 0.1) is 29.7 Å². The summed E-state index contributed by atoms with van der Waals surface area (Å²) in [5.74, 6) is 2.00. The summed E-state index contributed by atoms with van der Waals surface area (Å²) in [6, 6.07) is 14.1. The molecule has 102 valence electrons. The van der Waals surface area contributed by atoms with Gasteiger partial charge in [-0.1, -0.05) is 18.2 Å². The van der Waals surface area contributed by atoms with Crippen LogP contribution in [0.15, 0.2) is 42.5 Å². The van der Waals surface area contributed by atoms with Gasteiger partial charge in [0.25, 0.3) is 0 Å². The minimum Gasteiger partial charge on any atom is -0.497 e. The third kappa shape index (κ3) is 2.04. The second-order valence-corrected chi connectivity index (χ2v) is 4.91. The van der Waals surface area contributed by atoms with E-state index in [9.17, 15) is 0 Å². The zero-order valence-corrected chi connectivity index (χ0v) is 12.2. The van der Waals surface area contributed by atoms with E-state index >= 15 is 0 Å². The molecule has 0 N–H and O–H groups in total. The Morgan fingerprint density at radius 2 is 2.00 bits per heavy atom. The fourth-order valence-electron chi connectivity index (χ4n) is 2.41. The van der Waals surface area contributed by atoms with Crippen molar-refractivity contribution in [1.29, 1.82) is 0 Å². The van der Waals surface area contributed by atoms with Crippen molar-refractivity contribution < 1.29 is 4.74 Å². The molecule has 0 bridgehead atoms. The van der Waals surface area contributed by atoms with E-state index < -0.39 is 0 Å². The van der Waals surface area contributed by atoms with Crippen LogP contribution in [0.1, 0.15) is 11.4 Å². The number of nitrogens with zero attached hydrogens (tertiary/aromatic N) is 2. The number of alkyl halides is 1. The molecule has 0 unspecified atom stereocenters. The van der Waals surface area contributed by atoms with Crippen molar-refractivity contribution in [2.45, 2.75) is 12.8 Å². The van der Waals surface area contributed by atoms with Crippen molar-refractivity contribution in [3.8, 4) is 11.4 Å². The fourth-order valence-corrected chi connectivity index (χ4v) is 2.59. The van der Waals surface area contributed by atoms with Gasteiger partial charge in [0.15, 0.2) is 0 Å². The molecule has 2 aromatic carbocycles. The van der Waals surface area contributed by atoms with E-state index in [0.717, 1.165) is 28.3 Å². The maximum Gasteiger partial charge on any atom is 0.129 e. The van der Waals surface area contributed by atoms with Crippen molar-refractivity contribution in [3.63, 3.8) is 0 Å². The number of aryl methyl sites for hydroxylation is 1. The average molecular weight is 287 g/mol. The Bertz CT molecular complexity index is 764. The topological polar surface area (TPSA) is 27.1 Å². The number of imidazole rings is 1. The Morgan fingerprint density at radius 3 is 2.70 bits per heavy atom. The molecule has 0 aliphatic carbocycles. The number of methoxy groups -OCH3 is 1. The highest BCUT2D eigenvalue weighted by Gasteiger charge is 2.13. The summed E-state index contributed by atoms with van der Waals surface area (Å²) >= 11 is 6.06. The lowest BCUT2D eigenvalue weighted by molar-refractivity contribution is 0.415. The lowest BCUT2D eigenvalue weighted by Gasteiger charge is -2.10. The minimum atomic E-state index is 0.366. The Hall–Kier alpha value is -2.00. The molecule has 0 saturated carbocycles. The van der Waals surface area contributed by atoms with Crippen LogP contribution in [0.25, 0.3) is 16.7 Å². The number of para-hydroxylation sites is 1. The van der Waals surface area contributed by atoms with E-state index in [1.807, 2.05) is 30.3 Å². The predicted molar refractivity (Wildman–Crippen MR) is 81.9 cm³/mol. The largest absolute Gasteiger partial charge is 0.497 e. The second kappa shape index (κ2) is 5.17.